The van der Waals surface area contributed by atoms with E-state index in [1.807, 2.05) is 0 Å². The third-order valence-electron chi connectivity index (χ3n) is 4.40. The number of nitro groups is 1. The number of allylic oxidation sites excluding steroid dienone is 1. The van der Waals surface area contributed by atoms with Gasteiger partial charge >= 0.3 is 0 Å². The number of rotatable bonds is 6. The van der Waals surface area contributed by atoms with Crippen LogP contribution in [0.5, 0.6) is 0 Å². The lowest BCUT2D eigenvalue weighted by atomic mass is 9.81. The molecule has 0 aromatic rings. The van der Waals surface area contributed by atoms with E-state index in [1.54, 1.807) is 12.2 Å². The summed E-state index contributed by atoms with van der Waals surface area (Å²) in [4.78, 5) is 10.6. The van der Waals surface area contributed by atoms with Gasteiger partial charge in [0, 0.05) is 10.8 Å². The first kappa shape index (κ1) is 15.3. The molecule has 114 valence electrons. The van der Waals surface area contributed by atoms with Crippen LogP contribution in [0.2, 0.25) is 0 Å². The molecule has 0 aromatic heterocycles. The molecule has 0 saturated heterocycles. The summed E-state index contributed by atoms with van der Waals surface area (Å²) in [6.45, 7) is -0.778. The summed E-state index contributed by atoms with van der Waals surface area (Å²) in [7, 11) is 0. The summed E-state index contributed by atoms with van der Waals surface area (Å²) in [6, 6.07) is -1.01. The normalized spacial score (nSPS) is 37.6. The van der Waals surface area contributed by atoms with E-state index in [2.05, 4.69) is 0 Å². The zero-order valence-corrected chi connectivity index (χ0v) is 10.7. The summed E-state index contributed by atoms with van der Waals surface area (Å²) < 4.78 is 0. The molecule has 0 heterocycles. The molecule has 8 heteroatoms. The van der Waals surface area contributed by atoms with Gasteiger partial charge in [0.2, 0.25) is 6.04 Å². The fourth-order valence-corrected chi connectivity index (χ4v) is 3.35. The highest BCUT2D eigenvalue weighted by atomic mass is 16.6. The zero-order valence-electron chi connectivity index (χ0n) is 10.7. The van der Waals surface area contributed by atoms with Crippen LogP contribution in [-0.4, -0.2) is 67.5 Å². The maximum absolute atomic E-state index is 11.1. The first-order valence-corrected chi connectivity index (χ1v) is 6.53. The third-order valence-corrected chi connectivity index (χ3v) is 4.40. The number of nitrogens with zero attached hydrogens (tertiary/aromatic N) is 1. The van der Waals surface area contributed by atoms with Crippen molar-refractivity contribution >= 4 is 0 Å². The van der Waals surface area contributed by atoms with E-state index in [0.29, 0.717) is 6.42 Å². The molecule has 1 fully saturated rings. The van der Waals surface area contributed by atoms with E-state index >= 15 is 0 Å². The van der Waals surface area contributed by atoms with Gasteiger partial charge in [0.05, 0.1) is 18.6 Å². The maximum atomic E-state index is 11.1. The highest BCUT2D eigenvalue weighted by Crippen LogP contribution is 2.47. The Morgan fingerprint density at radius 2 is 1.75 bits per heavy atom. The van der Waals surface area contributed by atoms with Crippen molar-refractivity contribution < 1.29 is 30.5 Å². The van der Waals surface area contributed by atoms with Crippen LogP contribution in [0.3, 0.4) is 0 Å². The Hall–Kier alpha value is -1.06. The molecule has 2 aliphatic carbocycles. The Morgan fingerprint density at radius 3 is 2.30 bits per heavy atom. The van der Waals surface area contributed by atoms with E-state index in [9.17, 15) is 30.5 Å². The van der Waals surface area contributed by atoms with Gasteiger partial charge in [-0.15, -0.1) is 0 Å². The lowest BCUT2D eigenvalue weighted by Gasteiger charge is -2.32. The topological polar surface area (TPSA) is 144 Å². The average Bonchev–Trinajstić information content (AvgIpc) is 3.04. The average molecular weight is 289 g/mol. The van der Waals surface area contributed by atoms with Crippen LogP contribution in [0.25, 0.3) is 0 Å². The van der Waals surface area contributed by atoms with E-state index in [-0.39, 0.29) is 11.8 Å². The van der Waals surface area contributed by atoms with Gasteiger partial charge in [0.1, 0.15) is 18.3 Å². The number of hydrogen-bond donors (Lipinski definition) is 5. The van der Waals surface area contributed by atoms with Crippen LogP contribution < -0.4 is 0 Å². The Bertz CT molecular complexity index is 401. The summed E-state index contributed by atoms with van der Waals surface area (Å²) in [5, 5.41) is 58.7. The molecule has 20 heavy (non-hydrogen) atoms. The van der Waals surface area contributed by atoms with E-state index in [0.717, 1.165) is 0 Å². The maximum Gasteiger partial charge on any atom is 0.225 e. The zero-order chi connectivity index (χ0) is 15.0. The summed E-state index contributed by atoms with van der Waals surface area (Å²) >= 11 is 0. The van der Waals surface area contributed by atoms with Crippen molar-refractivity contribution in [2.45, 2.75) is 36.9 Å². The van der Waals surface area contributed by atoms with Gasteiger partial charge < -0.3 is 25.5 Å². The van der Waals surface area contributed by atoms with Gasteiger partial charge in [0.25, 0.3) is 0 Å². The molecule has 8 nitrogen and oxygen atoms in total. The third kappa shape index (κ3) is 2.45. The highest BCUT2D eigenvalue weighted by molar-refractivity contribution is 5.16. The first-order chi connectivity index (χ1) is 9.38. The van der Waals surface area contributed by atoms with Crippen molar-refractivity contribution in [3.63, 3.8) is 0 Å². The standard InChI is InChI=1S/C12H19NO7/c14-4-7(15)10(16)12(18)11(17)8-5-1-2-6(3-5)9(8)13(19)20/h1-2,5-12,14-18H,3-4H2/t5-,6+,7-,8+,9+,10-,11-,12+/m1/s1. The monoisotopic (exact) mass is 289 g/mol. The van der Waals surface area contributed by atoms with Crippen LogP contribution in [0.15, 0.2) is 12.2 Å². The van der Waals surface area contributed by atoms with Crippen LogP contribution in [0.4, 0.5) is 0 Å². The number of hydrogen-bond acceptors (Lipinski definition) is 7. The van der Waals surface area contributed by atoms with Crippen molar-refractivity contribution in [2.75, 3.05) is 6.61 Å². The molecule has 0 aliphatic heterocycles. The molecule has 2 aliphatic rings. The van der Waals surface area contributed by atoms with Crippen LogP contribution in [-0.2, 0) is 0 Å². The molecule has 0 aromatic carbocycles. The smallest absolute Gasteiger partial charge is 0.225 e. The second-order valence-electron chi connectivity index (χ2n) is 5.52. The molecular weight excluding hydrogens is 270 g/mol. The Labute approximate surface area is 115 Å². The lowest BCUT2D eigenvalue weighted by molar-refractivity contribution is -0.538. The molecule has 0 radical (unpaired) electrons. The molecule has 2 rings (SSSR count). The Balaban J connectivity index is 2.13. The van der Waals surface area contributed by atoms with Crippen molar-refractivity contribution in [3.8, 4) is 0 Å². The fraction of sp³-hybridized carbons (Fsp3) is 0.833. The van der Waals surface area contributed by atoms with Gasteiger partial charge in [0.15, 0.2) is 0 Å². The van der Waals surface area contributed by atoms with E-state index in [1.165, 1.54) is 0 Å². The quantitative estimate of drug-likeness (QED) is 0.214. The van der Waals surface area contributed by atoms with Gasteiger partial charge in [-0.2, -0.15) is 0 Å². The number of aliphatic hydroxyl groups is 5. The Kier molecular flexibility index (Phi) is 4.40. The van der Waals surface area contributed by atoms with Crippen LogP contribution in [0.1, 0.15) is 6.42 Å². The van der Waals surface area contributed by atoms with Crippen molar-refractivity contribution in [3.05, 3.63) is 22.3 Å². The second kappa shape index (κ2) is 5.74. The highest BCUT2D eigenvalue weighted by Gasteiger charge is 2.56. The van der Waals surface area contributed by atoms with Gasteiger partial charge in [-0.05, 0) is 12.3 Å². The molecular formula is C12H19NO7. The molecule has 0 amide bonds. The molecule has 2 bridgehead atoms. The molecule has 8 atom stereocenters. The molecule has 5 N–H and O–H groups in total. The first-order valence-electron chi connectivity index (χ1n) is 6.53. The van der Waals surface area contributed by atoms with Gasteiger partial charge in [-0.3, -0.25) is 10.1 Å². The van der Waals surface area contributed by atoms with Gasteiger partial charge in [-0.25, -0.2) is 0 Å². The lowest BCUT2D eigenvalue weighted by Crippen LogP contribution is -2.52. The predicted molar refractivity (Wildman–Crippen MR) is 66.1 cm³/mol. The summed E-state index contributed by atoms with van der Waals surface area (Å²) in [5.41, 5.74) is 0. The minimum Gasteiger partial charge on any atom is -0.394 e. The molecule has 0 spiro atoms. The fourth-order valence-electron chi connectivity index (χ4n) is 3.35. The summed E-state index contributed by atoms with van der Waals surface area (Å²) in [5.74, 6) is -1.31. The van der Waals surface area contributed by atoms with Crippen LogP contribution >= 0.6 is 0 Å². The van der Waals surface area contributed by atoms with Crippen LogP contribution in [0, 0.1) is 27.9 Å². The number of aliphatic hydroxyl groups excluding tert-OH is 5. The van der Waals surface area contributed by atoms with E-state index < -0.39 is 47.9 Å². The van der Waals surface area contributed by atoms with Crippen molar-refractivity contribution in [1.82, 2.24) is 0 Å². The number of fused-ring (bicyclic) bond motifs is 2. The predicted octanol–water partition coefficient (Wildman–Crippen LogP) is -2.11. The SMILES string of the molecule is O=[N+]([O-])[C@@H]1[C@@H]([C@@H](O)[C@@H](O)[C@H](O)[C@H](O)CO)[C@@H]2C=C[C@H]1C2. The second-order valence-corrected chi connectivity index (χ2v) is 5.52. The van der Waals surface area contributed by atoms with E-state index in [4.69, 9.17) is 5.11 Å². The summed E-state index contributed by atoms with van der Waals surface area (Å²) in [6.07, 6.45) is -2.60. The largest absolute Gasteiger partial charge is 0.394 e. The molecule has 0 unspecified atom stereocenters. The van der Waals surface area contributed by atoms with Crippen molar-refractivity contribution in [1.29, 1.82) is 0 Å². The minimum absolute atomic E-state index is 0.224. The minimum atomic E-state index is -1.76. The van der Waals surface area contributed by atoms with Crippen molar-refractivity contribution in [2.24, 2.45) is 17.8 Å². The van der Waals surface area contributed by atoms with Gasteiger partial charge in [-0.1, -0.05) is 12.2 Å². The Morgan fingerprint density at radius 1 is 1.15 bits per heavy atom. The molecule has 1 saturated carbocycles.